The third-order valence-corrected chi connectivity index (χ3v) is 5.54. The Morgan fingerprint density at radius 1 is 1.06 bits per heavy atom. The van der Waals surface area contributed by atoms with Gasteiger partial charge in [-0.2, -0.15) is 8.78 Å². The standard InChI is InChI=1S/C25H27F2N2O4.CH4/c1-25(2,30)23-8-4-18(15-28-23)20(13-16-9-11-29(31)12-10-16)17-3-7-21(33-24(26)27)22(14-17)32-19-5-6-19;/h3-4,7-12,14-15,19-20,24,30-31H,5-6,13H2,1-2H3;1H4/q+1;. The molecule has 4 rings (SSSR count). The van der Waals surface area contributed by atoms with Crippen molar-refractivity contribution in [3.05, 3.63) is 83.4 Å². The summed E-state index contributed by atoms with van der Waals surface area (Å²) in [6.07, 6.45) is 7.16. The highest BCUT2D eigenvalue weighted by Gasteiger charge is 2.27. The van der Waals surface area contributed by atoms with Crippen molar-refractivity contribution in [3.63, 3.8) is 0 Å². The van der Waals surface area contributed by atoms with E-state index in [9.17, 15) is 19.1 Å². The van der Waals surface area contributed by atoms with E-state index in [1.54, 1.807) is 50.6 Å². The molecule has 1 atom stereocenters. The van der Waals surface area contributed by atoms with Gasteiger partial charge >= 0.3 is 6.61 Å². The Kier molecular flexibility index (Phi) is 7.71. The number of rotatable bonds is 9. The lowest BCUT2D eigenvalue weighted by atomic mass is 9.86. The van der Waals surface area contributed by atoms with Crippen LogP contribution in [-0.2, 0) is 12.0 Å². The Morgan fingerprint density at radius 3 is 2.29 bits per heavy atom. The van der Waals surface area contributed by atoms with E-state index >= 15 is 0 Å². The topological polar surface area (TPSA) is 75.7 Å². The summed E-state index contributed by atoms with van der Waals surface area (Å²) in [4.78, 5) is 4.44. The Labute approximate surface area is 198 Å². The van der Waals surface area contributed by atoms with E-state index < -0.39 is 12.2 Å². The second kappa shape index (κ2) is 10.3. The van der Waals surface area contributed by atoms with Crippen molar-refractivity contribution in [3.8, 4) is 11.5 Å². The highest BCUT2D eigenvalue weighted by atomic mass is 19.3. The molecule has 0 amide bonds. The van der Waals surface area contributed by atoms with Gasteiger partial charge in [0.15, 0.2) is 11.5 Å². The van der Waals surface area contributed by atoms with Crippen LogP contribution in [0.25, 0.3) is 0 Å². The summed E-state index contributed by atoms with van der Waals surface area (Å²) in [5.74, 6) is 0.128. The number of benzene rings is 1. The molecule has 2 aromatic heterocycles. The molecule has 0 aliphatic heterocycles. The molecule has 0 saturated heterocycles. The fraction of sp³-hybridized carbons (Fsp3) is 0.385. The van der Waals surface area contributed by atoms with Crippen molar-refractivity contribution in [2.75, 3.05) is 0 Å². The Bertz CT molecular complexity index is 1080. The van der Waals surface area contributed by atoms with Crippen LogP contribution in [0.2, 0.25) is 0 Å². The van der Waals surface area contributed by atoms with E-state index in [2.05, 4.69) is 9.72 Å². The maximum atomic E-state index is 12.9. The first kappa shape index (κ1) is 25.4. The number of ether oxygens (including phenoxy) is 2. The summed E-state index contributed by atoms with van der Waals surface area (Å²) in [7, 11) is 0. The molecule has 1 fully saturated rings. The second-order valence-electron chi connectivity index (χ2n) is 8.78. The van der Waals surface area contributed by atoms with Crippen LogP contribution in [0.15, 0.2) is 61.1 Å². The van der Waals surface area contributed by atoms with Gasteiger partial charge < -0.3 is 14.6 Å². The number of alkyl halides is 2. The Hall–Kier alpha value is -3.26. The van der Waals surface area contributed by atoms with Gasteiger partial charge in [0, 0.05) is 29.0 Å². The SMILES string of the molecule is C.CC(C)(O)c1ccc(C(Cc2cc[n+](O)cc2)c2ccc(OC(F)F)c(OC3CC3)c2)cn1. The van der Waals surface area contributed by atoms with Crippen molar-refractivity contribution in [2.24, 2.45) is 0 Å². The molecule has 6 nitrogen and oxygen atoms in total. The van der Waals surface area contributed by atoms with Crippen LogP contribution in [0, 0.1) is 0 Å². The van der Waals surface area contributed by atoms with Gasteiger partial charge in [-0.25, -0.2) is 0 Å². The molecule has 1 aliphatic rings. The third-order valence-electron chi connectivity index (χ3n) is 5.54. The van der Waals surface area contributed by atoms with Crippen LogP contribution in [-0.4, -0.2) is 28.0 Å². The van der Waals surface area contributed by atoms with E-state index in [0.29, 0.717) is 17.9 Å². The summed E-state index contributed by atoms with van der Waals surface area (Å²) in [5.41, 5.74) is 2.19. The van der Waals surface area contributed by atoms with Crippen LogP contribution in [0.3, 0.4) is 0 Å². The molecule has 182 valence electrons. The Morgan fingerprint density at radius 2 is 1.74 bits per heavy atom. The molecule has 1 aromatic carbocycles. The van der Waals surface area contributed by atoms with E-state index in [0.717, 1.165) is 34.3 Å². The monoisotopic (exact) mass is 473 g/mol. The first-order chi connectivity index (χ1) is 15.7. The average molecular weight is 474 g/mol. The third kappa shape index (κ3) is 6.41. The summed E-state index contributed by atoms with van der Waals surface area (Å²) >= 11 is 0. The average Bonchev–Trinajstić information content (AvgIpc) is 3.58. The molecule has 1 saturated carbocycles. The molecule has 3 aromatic rings. The number of aromatic nitrogens is 2. The van der Waals surface area contributed by atoms with Crippen LogP contribution in [0.4, 0.5) is 8.78 Å². The number of nitrogens with zero attached hydrogens (tertiary/aromatic N) is 2. The predicted molar refractivity (Wildman–Crippen MR) is 122 cm³/mol. The minimum atomic E-state index is -2.94. The molecule has 0 spiro atoms. The number of pyridine rings is 2. The summed E-state index contributed by atoms with van der Waals surface area (Å²) in [6, 6.07) is 12.3. The van der Waals surface area contributed by atoms with Gasteiger partial charge in [0.05, 0.1) is 11.8 Å². The molecule has 8 heteroatoms. The first-order valence-corrected chi connectivity index (χ1v) is 10.8. The smallest absolute Gasteiger partial charge is 0.387 e. The number of hydrogen-bond acceptors (Lipinski definition) is 5. The van der Waals surface area contributed by atoms with Gasteiger partial charge in [0.25, 0.3) is 0 Å². The van der Waals surface area contributed by atoms with Gasteiger partial charge in [0.1, 0.15) is 5.60 Å². The van der Waals surface area contributed by atoms with Crippen molar-refractivity contribution < 1.29 is 33.3 Å². The summed E-state index contributed by atoms with van der Waals surface area (Å²) in [5, 5.41) is 19.8. The van der Waals surface area contributed by atoms with Crippen molar-refractivity contribution in [2.45, 2.75) is 64.8 Å². The quantitative estimate of drug-likeness (QED) is 0.338. The molecule has 34 heavy (non-hydrogen) atoms. The molecular formula is C26H31F2N2O4+. The van der Waals surface area contributed by atoms with Crippen molar-refractivity contribution in [1.29, 1.82) is 0 Å². The fourth-order valence-electron chi connectivity index (χ4n) is 3.62. The number of aliphatic hydroxyl groups is 1. The highest BCUT2D eigenvalue weighted by Crippen LogP contribution is 2.39. The van der Waals surface area contributed by atoms with Crippen LogP contribution >= 0.6 is 0 Å². The lowest BCUT2D eigenvalue weighted by Crippen LogP contribution is -2.28. The summed E-state index contributed by atoms with van der Waals surface area (Å²) in [6.45, 7) is 0.398. The fourth-order valence-corrected chi connectivity index (χ4v) is 3.62. The molecule has 0 bridgehead atoms. The van der Waals surface area contributed by atoms with Gasteiger partial charge in [0.2, 0.25) is 12.4 Å². The first-order valence-electron chi connectivity index (χ1n) is 10.8. The highest BCUT2D eigenvalue weighted by molar-refractivity contribution is 5.47. The normalized spacial score (nSPS) is 14.4. The van der Waals surface area contributed by atoms with E-state index in [4.69, 9.17) is 4.74 Å². The molecule has 0 radical (unpaired) electrons. The van der Waals surface area contributed by atoms with Crippen LogP contribution in [0.1, 0.15) is 62.4 Å². The lowest BCUT2D eigenvalue weighted by Gasteiger charge is -2.22. The lowest BCUT2D eigenvalue weighted by molar-refractivity contribution is -0.904. The van der Waals surface area contributed by atoms with Crippen LogP contribution < -0.4 is 14.2 Å². The zero-order chi connectivity index (χ0) is 23.6. The second-order valence-corrected chi connectivity index (χ2v) is 8.78. The zero-order valence-electron chi connectivity index (χ0n) is 18.5. The molecule has 1 aliphatic carbocycles. The van der Waals surface area contributed by atoms with Gasteiger partial charge in [-0.05, 0) is 68.0 Å². The molecule has 2 N–H and O–H groups in total. The Balaban J connectivity index is 0.00000324. The largest absolute Gasteiger partial charge is 0.487 e. The number of hydrogen-bond donors (Lipinski definition) is 2. The predicted octanol–water partition coefficient (Wildman–Crippen LogP) is 4.99. The zero-order valence-corrected chi connectivity index (χ0v) is 18.5. The van der Waals surface area contributed by atoms with E-state index in [1.807, 2.05) is 18.2 Å². The minimum Gasteiger partial charge on any atom is -0.487 e. The van der Waals surface area contributed by atoms with E-state index in [1.165, 1.54) is 6.07 Å². The van der Waals surface area contributed by atoms with E-state index in [-0.39, 0.29) is 25.2 Å². The van der Waals surface area contributed by atoms with Gasteiger partial charge in [-0.15, -0.1) is 0 Å². The molecule has 1 unspecified atom stereocenters. The molecule has 2 heterocycles. The summed E-state index contributed by atoms with van der Waals surface area (Å²) < 4.78 is 37.3. The maximum absolute atomic E-state index is 12.9. The van der Waals surface area contributed by atoms with Crippen molar-refractivity contribution in [1.82, 2.24) is 4.98 Å². The van der Waals surface area contributed by atoms with Crippen molar-refractivity contribution >= 4 is 0 Å². The number of halogens is 2. The van der Waals surface area contributed by atoms with Gasteiger partial charge in [-0.3, -0.25) is 10.2 Å². The van der Waals surface area contributed by atoms with Gasteiger partial charge in [-0.1, -0.05) is 19.6 Å². The minimum absolute atomic E-state index is 0. The maximum Gasteiger partial charge on any atom is 0.387 e. The van der Waals surface area contributed by atoms with Crippen LogP contribution in [0.5, 0.6) is 11.5 Å². The molecular weight excluding hydrogens is 442 g/mol.